The van der Waals surface area contributed by atoms with Crippen molar-refractivity contribution in [3.05, 3.63) is 41.8 Å². The number of rotatable bonds is 2. The summed E-state index contributed by atoms with van der Waals surface area (Å²) in [6.45, 7) is 0. The number of benzene rings is 2. The van der Waals surface area contributed by atoms with Gasteiger partial charge in [0.15, 0.2) is 0 Å². The second kappa shape index (κ2) is 7.57. The van der Waals surface area contributed by atoms with Crippen molar-refractivity contribution >= 4 is 16.7 Å². The topological polar surface area (TPSA) is 56.2 Å². The molecule has 2 saturated carbocycles. The molecule has 1 aliphatic heterocycles. The van der Waals surface area contributed by atoms with Gasteiger partial charge in [-0.15, -0.1) is 0 Å². The number of aromatic nitrogens is 2. The number of hydrogen-bond acceptors (Lipinski definition) is 3. The smallest absolute Gasteiger partial charge is 0.0896 e. The highest BCUT2D eigenvalue weighted by molar-refractivity contribution is 5.81. The average Bonchev–Trinajstić information content (AvgIpc) is 2.74. The van der Waals surface area contributed by atoms with Crippen molar-refractivity contribution in [2.75, 3.05) is 5.73 Å². The fraction of sp³-hybridized carbons (Fsp3) is 0.500. The summed E-state index contributed by atoms with van der Waals surface area (Å²) in [5.41, 5.74) is 11.7. The number of nitrogen functional groups attached to an aromatic ring is 1. The first-order valence-corrected chi connectivity index (χ1v) is 11.0. The van der Waals surface area contributed by atoms with Crippen LogP contribution in [0.1, 0.15) is 70.3 Å². The third-order valence-electron chi connectivity index (χ3n) is 6.60. The Labute approximate surface area is 166 Å². The van der Waals surface area contributed by atoms with E-state index in [2.05, 4.69) is 34.9 Å². The van der Waals surface area contributed by atoms with Crippen molar-refractivity contribution in [2.24, 2.45) is 4.99 Å². The molecule has 0 bridgehead atoms. The van der Waals surface area contributed by atoms with Crippen molar-refractivity contribution in [3.8, 4) is 11.4 Å². The van der Waals surface area contributed by atoms with Crippen LogP contribution in [0.4, 0.5) is 5.69 Å². The van der Waals surface area contributed by atoms with Crippen molar-refractivity contribution in [2.45, 2.75) is 76.3 Å². The molecule has 0 aromatic heterocycles. The summed E-state index contributed by atoms with van der Waals surface area (Å²) in [6.07, 6.45) is 12.8. The fourth-order valence-electron chi connectivity index (χ4n) is 5.14. The standard InChI is InChI=1S/C24H30N4/c25-19-15-22-24(16-21(19)26-17-9-3-1-4-10-17)28(18-11-5-2-6-12-18)23-14-8-7-13-20(23)27-22/h7-8,13-18H,1-6,9-12,25H2. The zero-order chi connectivity index (χ0) is 18.9. The molecule has 2 N–H and O–H groups in total. The molecule has 28 heavy (non-hydrogen) atoms. The zero-order valence-corrected chi connectivity index (χ0v) is 16.6. The Bertz CT molecular complexity index is 1010. The Balaban J connectivity index is 1.73. The third kappa shape index (κ3) is 3.30. The quantitative estimate of drug-likeness (QED) is 0.478. The number of nitrogens with two attached hydrogens (primary N) is 1. The molecule has 0 unspecified atom stereocenters. The van der Waals surface area contributed by atoms with Crippen LogP contribution in [0, 0.1) is 0 Å². The van der Waals surface area contributed by atoms with E-state index in [4.69, 9.17) is 15.7 Å². The maximum Gasteiger partial charge on any atom is 0.0896 e. The third-order valence-corrected chi connectivity index (χ3v) is 6.60. The van der Waals surface area contributed by atoms with Crippen LogP contribution in [0.3, 0.4) is 0 Å². The molecule has 0 radical (unpaired) electrons. The highest BCUT2D eigenvalue weighted by Gasteiger charge is 2.22. The Hall–Kier alpha value is -2.36. The van der Waals surface area contributed by atoms with Crippen molar-refractivity contribution in [3.63, 3.8) is 0 Å². The molecular weight excluding hydrogens is 344 g/mol. The minimum Gasteiger partial charge on any atom is -0.397 e. The van der Waals surface area contributed by atoms with Gasteiger partial charge in [0.2, 0.25) is 0 Å². The Morgan fingerprint density at radius 1 is 0.893 bits per heavy atom. The van der Waals surface area contributed by atoms with Crippen LogP contribution in [0.2, 0.25) is 0 Å². The van der Waals surface area contributed by atoms with Gasteiger partial charge in [-0.1, -0.05) is 50.7 Å². The molecular formula is C24H30N4. The van der Waals surface area contributed by atoms with E-state index in [1.807, 2.05) is 6.07 Å². The van der Waals surface area contributed by atoms with Crippen LogP contribution in [0.15, 0.2) is 41.4 Å². The molecule has 0 saturated heterocycles. The molecule has 4 aliphatic rings. The molecule has 3 aliphatic carbocycles. The lowest BCUT2D eigenvalue weighted by Crippen LogP contribution is -2.22. The van der Waals surface area contributed by atoms with Gasteiger partial charge >= 0.3 is 0 Å². The van der Waals surface area contributed by atoms with E-state index in [1.54, 1.807) is 0 Å². The van der Waals surface area contributed by atoms with Gasteiger partial charge in [0.25, 0.3) is 0 Å². The Morgan fingerprint density at radius 3 is 2.39 bits per heavy atom. The van der Waals surface area contributed by atoms with Crippen LogP contribution < -0.4 is 11.1 Å². The first-order chi connectivity index (χ1) is 13.8. The minimum absolute atomic E-state index is 0.421. The normalized spacial score (nSPS) is 20.2. The summed E-state index contributed by atoms with van der Waals surface area (Å²) in [5.74, 6) is 0. The highest BCUT2D eigenvalue weighted by Crippen LogP contribution is 2.36. The van der Waals surface area contributed by atoms with Gasteiger partial charge in [0.05, 0.1) is 39.5 Å². The summed E-state index contributed by atoms with van der Waals surface area (Å²) >= 11 is 0. The minimum atomic E-state index is 0.421. The molecule has 1 aromatic carbocycles. The predicted molar refractivity (Wildman–Crippen MR) is 115 cm³/mol. The summed E-state index contributed by atoms with van der Waals surface area (Å²) in [7, 11) is 0. The van der Waals surface area contributed by atoms with Gasteiger partial charge < -0.3 is 10.3 Å². The number of nitrogens with zero attached hydrogens (tertiary/aromatic N) is 3. The molecule has 0 amide bonds. The monoisotopic (exact) mass is 374 g/mol. The highest BCUT2D eigenvalue weighted by atomic mass is 15.1. The van der Waals surface area contributed by atoms with Crippen LogP contribution >= 0.6 is 0 Å². The van der Waals surface area contributed by atoms with Crippen LogP contribution in [-0.2, 0) is 0 Å². The number of para-hydroxylation sites is 2. The predicted octanol–water partition coefficient (Wildman–Crippen LogP) is 5.46. The van der Waals surface area contributed by atoms with Gasteiger partial charge in [0.1, 0.15) is 0 Å². The van der Waals surface area contributed by atoms with Crippen LogP contribution in [0.25, 0.3) is 22.4 Å². The molecule has 0 atom stereocenters. The SMILES string of the molecule is Nc1cc2nc3ccccc3n(C3CCCCC3)c-2cc1=NC1CCCCC1. The van der Waals surface area contributed by atoms with E-state index in [0.29, 0.717) is 12.1 Å². The van der Waals surface area contributed by atoms with Gasteiger partial charge in [-0.05, 0) is 49.9 Å². The van der Waals surface area contributed by atoms with E-state index in [1.165, 1.54) is 75.4 Å². The molecule has 1 heterocycles. The maximum atomic E-state index is 6.43. The lowest BCUT2D eigenvalue weighted by molar-refractivity contribution is 0.361. The Kier molecular flexibility index (Phi) is 4.79. The first kappa shape index (κ1) is 17.7. The second-order valence-corrected chi connectivity index (χ2v) is 8.58. The van der Waals surface area contributed by atoms with E-state index in [9.17, 15) is 0 Å². The van der Waals surface area contributed by atoms with Gasteiger partial charge in [-0.2, -0.15) is 0 Å². The zero-order valence-electron chi connectivity index (χ0n) is 16.6. The van der Waals surface area contributed by atoms with Crippen LogP contribution in [0.5, 0.6) is 0 Å². The summed E-state index contributed by atoms with van der Waals surface area (Å²) < 4.78 is 2.54. The van der Waals surface area contributed by atoms with Crippen molar-refractivity contribution in [1.29, 1.82) is 0 Å². The second-order valence-electron chi connectivity index (χ2n) is 8.58. The number of fused-ring (bicyclic) bond motifs is 2. The molecule has 146 valence electrons. The van der Waals surface area contributed by atoms with Crippen LogP contribution in [-0.4, -0.2) is 15.6 Å². The molecule has 0 spiro atoms. The summed E-state index contributed by atoms with van der Waals surface area (Å²) in [6, 6.07) is 13.7. The average molecular weight is 375 g/mol. The molecule has 4 nitrogen and oxygen atoms in total. The first-order valence-electron chi connectivity index (χ1n) is 11.0. The fourth-order valence-corrected chi connectivity index (χ4v) is 5.14. The molecule has 4 heteroatoms. The molecule has 2 fully saturated rings. The lowest BCUT2D eigenvalue weighted by atomic mass is 9.94. The lowest BCUT2D eigenvalue weighted by Gasteiger charge is -2.30. The van der Waals surface area contributed by atoms with E-state index in [0.717, 1.165) is 22.3 Å². The van der Waals surface area contributed by atoms with E-state index < -0.39 is 0 Å². The molecule has 5 rings (SSSR count). The number of hydrogen-bond donors (Lipinski definition) is 1. The van der Waals surface area contributed by atoms with E-state index in [-0.39, 0.29) is 0 Å². The van der Waals surface area contributed by atoms with Gasteiger partial charge in [-0.3, -0.25) is 4.99 Å². The van der Waals surface area contributed by atoms with E-state index >= 15 is 0 Å². The summed E-state index contributed by atoms with van der Waals surface area (Å²) in [5, 5.41) is 0.959. The van der Waals surface area contributed by atoms with Gasteiger partial charge in [-0.25, -0.2) is 4.98 Å². The van der Waals surface area contributed by atoms with Crippen molar-refractivity contribution < 1.29 is 0 Å². The molecule has 1 aromatic rings. The number of anilines is 1. The van der Waals surface area contributed by atoms with Crippen molar-refractivity contribution in [1.82, 2.24) is 9.55 Å². The van der Waals surface area contributed by atoms with Gasteiger partial charge in [0, 0.05) is 6.04 Å². The maximum absolute atomic E-state index is 6.43. The summed E-state index contributed by atoms with van der Waals surface area (Å²) in [4.78, 5) is 10.0. The largest absolute Gasteiger partial charge is 0.397 e. The Morgan fingerprint density at radius 2 is 1.61 bits per heavy atom.